The Bertz CT molecular complexity index is 1300. The molecule has 0 amide bonds. The molecule has 5 rings (SSSR count). The number of aromatic amines is 1. The average Bonchev–Trinajstić information content (AvgIpc) is 3.55. The van der Waals surface area contributed by atoms with E-state index in [4.69, 9.17) is 9.47 Å². The fourth-order valence-corrected chi connectivity index (χ4v) is 4.71. The molecule has 2 aromatic heterocycles. The van der Waals surface area contributed by atoms with E-state index in [2.05, 4.69) is 21.4 Å². The number of fused-ring (bicyclic) bond motifs is 1. The fraction of sp³-hybridized carbons (Fsp3) is 0.346. The van der Waals surface area contributed by atoms with Gasteiger partial charge in [0.05, 0.1) is 13.7 Å². The molecule has 0 aliphatic carbocycles. The molecule has 182 valence electrons. The number of carbonyl (C=O) groups is 2. The highest BCUT2D eigenvalue weighted by Gasteiger charge is 2.27. The van der Waals surface area contributed by atoms with Gasteiger partial charge in [0, 0.05) is 35.9 Å². The highest BCUT2D eigenvalue weighted by atomic mass is 19.1. The average molecular weight is 479 g/mol. The topological polar surface area (TPSA) is 96.6 Å². The van der Waals surface area contributed by atoms with Gasteiger partial charge in [0.15, 0.2) is 0 Å². The van der Waals surface area contributed by atoms with Crippen LogP contribution in [-0.2, 0) is 14.3 Å². The van der Waals surface area contributed by atoms with Crippen molar-refractivity contribution in [2.24, 2.45) is 0 Å². The maximum atomic E-state index is 14.0. The summed E-state index contributed by atoms with van der Waals surface area (Å²) >= 11 is 0. The minimum absolute atomic E-state index is 0.0695. The molecule has 0 radical (unpaired) electrons. The molecule has 4 heterocycles. The molecule has 3 aromatic rings. The van der Waals surface area contributed by atoms with Crippen LogP contribution in [0.1, 0.15) is 25.0 Å². The van der Waals surface area contributed by atoms with E-state index in [-0.39, 0.29) is 18.4 Å². The molecule has 8 nitrogen and oxygen atoms in total. The summed E-state index contributed by atoms with van der Waals surface area (Å²) in [5, 5.41) is 3.91. The predicted octanol–water partition coefficient (Wildman–Crippen LogP) is 3.29. The number of methoxy groups -OCH3 is 1. The quantitative estimate of drug-likeness (QED) is 0.415. The van der Waals surface area contributed by atoms with Crippen LogP contribution in [-0.4, -0.2) is 66.1 Å². The van der Waals surface area contributed by atoms with E-state index in [0.717, 1.165) is 41.6 Å². The number of carbonyl (C=O) groups excluding carboxylic acids is 2. The first kappa shape index (κ1) is 23.2. The normalized spacial score (nSPS) is 18.5. The second-order valence-electron chi connectivity index (χ2n) is 8.80. The highest BCUT2D eigenvalue weighted by molar-refractivity contribution is 5.96. The van der Waals surface area contributed by atoms with Gasteiger partial charge in [0.2, 0.25) is 0 Å². The first-order chi connectivity index (χ1) is 17.0. The third-order valence-electron chi connectivity index (χ3n) is 6.53. The van der Waals surface area contributed by atoms with E-state index in [1.807, 2.05) is 17.0 Å². The van der Waals surface area contributed by atoms with E-state index < -0.39 is 11.9 Å². The van der Waals surface area contributed by atoms with Crippen LogP contribution in [0.2, 0.25) is 0 Å². The third-order valence-corrected chi connectivity index (χ3v) is 6.53. The lowest BCUT2D eigenvalue weighted by Crippen LogP contribution is -2.38. The summed E-state index contributed by atoms with van der Waals surface area (Å²) in [7, 11) is 1.56. The lowest BCUT2D eigenvalue weighted by Gasteiger charge is -2.25. The molecule has 0 spiro atoms. The molecule has 2 aliphatic rings. The highest BCUT2D eigenvalue weighted by Crippen LogP contribution is 2.36. The Morgan fingerprint density at radius 1 is 1.23 bits per heavy atom. The molecule has 1 fully saturated rings. The molecule has 9 heteroatoms. The van der Waals surface area contributed by atoms with E-state index >= 15 is 0 Å². The number of halogens is 1. The number of esters is 2. The summed E-state index contributed by atoms with van der Waals surface area (Å²) in [5.74, 6) is -0.763. The zero-order chi connectivity index (χ0) is 24.4. The Balaban J connectivity index is 1.29. The standard InChI is InChI=1S/C26H27FN4O4/c1-34-23-5-4-17(27)13-19(23)18-6-10-29-25-20(18)14-22(30-25)16-7-11-31(12-8-16)15-24(32)35-26(33)21-3-2-9-28-21/h4-7,10,13-14,21,28H,2-3,8-9,11-12,15H2,1H3,(H,29,30)/t21-/m0/s1. The summed E-state index contributed by atoms with van der Waals surface area (Å²) in [6.45, 7) is 2.06. The molecular formula is C26H27FN4O4. The smallest absolute Gasteiger partial charge is 0.330 e. The molecule has 1 saturated heterocycles. The van der Waals surface area contributed by atoms with Crippen LogP contribution in [0.4, 0.5) is 4.39 Å². The lowest BCUT2D eigenvalue weighted by molar-refractivity contribution is -0.161. The van der Waals surface area contributed by atoms with Gasteiger partial charge in [-0.25, -0.2) is 14.2 Å². The minimum Gasteiger partial charge on any atom is -0.496 e. The number of rotatable bonds is 6. The molecule has 0 saturated carbocycles. The van der Waals surface area contributed by atoms with Crippen LogP contribution in [0.5, 0.6) is 5.75 Å². The van der Waals surface area contributed by atoms with E-state index in [1.165, 1.54) is 12.1 Å². The van der Waals surface area contributed by atoms with Gasteiger partial charge in [-0.15, -0.1) is 0 Å². The minimum atomic E-state index is -0.524. The lowest BCUT2D eigenvalue weighted by atomic mass is 10.0. The van der Waals surface area contributed by atoms with Crippen molar-refractivity contribution in [1.82, 2.24) is 20.2 Å². The van der Waals surface area contributed by atoms with Crippen LogP contribution in [0, 0.1) is 5.82 Å². The Morgan fingerprint density at radius 3 is 2.86 bits per heavy atom. The zero-order valence-electron chi connectivity index (χ0n) is 19.5. The number of H-pyrrole nitrogens is 1. The van der Waals surface area contributed by atoms with Crippen LogP contribution in [0.3, 0.4) is 0 Å². The second kappa shape index (κ2) is 9.97. The summed E-state index contributed by atoms with van der Waals surface area (Å²) in [5.41, 5.74) is 4.23. The maximum absolute atomic E-state index is 14.0. The van der Waals surface area contributed by atoms with Gasteiger partial charge in [0.1, 0.15) is 23.3 Å². The van der Waals surface area contributed by atoms with Gasteiger partial charge < -0.3 is 19.8 Å². The molecule has 1 aromatic carbocycles. The molecular weight excluding hydrogens is 451 g/mol. The van der Waals surface area contributed by atoms with Crippen LogP contribution in [0.15, 0.2) is 42.6 Å². The number of nitrogens with one attached hydrogen (secondary N) is 2. The van der Waals surface area contributed by atoms with Gasteiger partial charge in [-0.05, 0) is 67.3 Å². The van der Waals surface area contributed by atoms with Crippen LogP contribution < -0.4 is 10.1 Å². The summed E-state index contributed by atoms with van der Waals surface area (Å²) in [6, 6.07) is 7.95. The van der Waals surface area contributed by atoms with Gasteiger partial charge in [0.25, 0.3) is 0 Å². The van der Waals surface area contributed by atoms with E-state index in [0.29, 0.717) is 36.5 Å². The SMILES string of the molecule is COc1ccc(F)cc1-c1ccnc2[nH]c(C3=CCN(CC(=O)OC(=O)[C@@H]4CCCN4)CC3)cc12. The fourth-order valence-electron chi connectivity index (χ4n) is 4.71. The van der Waals surface area contributed by atoms with Gasteiger partial charge in [-0.3, -0.25) is 9.69 Å². The molecule has 0 bridgehead atoms. The summed E-state index contributed by atoms with van der Waals surface area (Å²) in [6.07, 6.45) is 6.08. The number of hydrogen-bond acceptors (Lipinski definition) is 7. The third kappa shape index (κ3) is 4.96. The van der Waals surface area contributed by atoms with E-state index in [9.17, 15) is 14.0 Å². The van der Waals surface area contributed by atoms with Crippen molar-refractivity contribution in [3.63, 3.8) is 0 Å². The van der Waals surface area contributed by atoms with Crippen molar-refractivity contribution in [3.8, 4) is 16.9 Å². The molecule has 0 unspecified atom stereocenters. The Hall–Kier alpha value is -3.56. The van der Waals surface area contributed by atoms with Gasteiger partial charge >= 0.3 is 11.9 Å². The molecule has 2 N–H and O–H groups in total. The largest absolute Gasteiger partial charge is 0.496 e. The number of pyridine rings is 1. The summed E-state index contributed by atoms with van der Waals surface area (Å²) in [4.78, 5) is 34.0. The molecule has 1 atom stereocenters. The molecule has 35 heavy (non-hydrogen) atoms. The predicted molar refractivity (Wildman–Crippen MR) is 129 cm³/mol. The number of benzene rings is 1. The van der Waals surface area contributed by atoms with Crippen molar-refractivity contribution in [3.05, 3.63) is 54.1 Å². The van der Waals surface area contributed by atoms with Crippen LogP contribution in [0.25, 0.3) is 27.7 Å². The van der Waals surface area contributed by atoms with Crippen molar-refractivity contribution in [2.75, 3.05) is 33.3 Å². The number of ether oxygens (including phenoxy) is 2. The van der Waals surface area contributed by atoms with Crippen molar-refractivity contribution < 1.29 is 23.5 Å². The van der Waals surface area contributed by atoms with Crippen LogP contribution >= 0.6 is 0 Å². The van der Waals surface area contributed by atoms with E-state index in [1.54, 1.807) is 19.4 Å². The number of nitrogens with zero attached hydrogens (tertiary/aromatic N) is 2. The van der Waals surface area contributed by atoms with Crippen molar-refractivity contribution >= 4 is 28.5 Å². The maximum Gasteiger partial charge on any atom is 0.330 e. The van der Waals surface area contributed by atoms with Gasteiger partial charge in [-0.1, -0.05) is 6.08 Å². The number of aromatic nitrogens is 2. The first-order valence-corrected chi connectivity index (χ1v) is 11.7. The Kier molecular flexibility index (Phi) is 6.61. The second-order valence-corrected chi connectivity index (χ2v) is 8.80. The first-order valence-electron chi connectivity index (χ1n) is 11.7. The molecule has 2 aliphatic heterocycles. The van der Waals surface area contributed by atoms with Gasteiger partial charge in [-0.2, -0.15) is 0 Å². The number of hydrogen-bond donors (Lipinski definition) is 2. The summed E-state index contributed by atoms with van der Waals surface area (Å²) < 4.78 is 24.5. The zero-order valence-corrected chi connectivity index (χ0v) is 19.5. The van der Waals surface area contributed by atoms with Crippen molar-refractivity contribution in [2.45, 2.75) is 25.3 Å². The van der Waals surface area contributed by atoms with Crippen molar-refractivity contribution in [1.29, 1.82) is 0 Å². The Labute approximate surface area is 202 Å². The Morgan fingerprint density at radius 2 is 2.11 bits per heavy atom. The monoisotopic (exact) mass is 478 g/mol.